The van der Waals surface area contributed by atoms with E-state index in [1.807, 2.05) is 13.0 Å². The van der Waals surface area contributed by atoms with Crippen molar-refractivity contribution in [2.75, 3.05) is 18.9 Å². The van der Waals surface area contributed by atoms with Crippen LogP contribution in [0.3, 0.4) is 0 Å². The van der Waals surface area contributed by atoms with Crippen LogP contribution in [0.2, 0.25) is 0 Å². The number of hydrogen-bond donors (Lipinski definition) is 2. The molecule has 5 nitrogen and oxygen atoms in total. The minimum atomic E-state index is -3.60. The van der Waals surface area contributed by atoms with Gasteiger partial charge in [0.25, 0.3) is 0 Å². The summed E-state index contributed by atoms with van der Waals surface area (Å²) in [5.74, 6) is 0. The summed E-state index contributed by atoms with van der Waals surface area (Å²) in [6, 6.07) is 10.0. The summed E-state index contributed by atoms with van der Waals surface area (Å²) >= 11 is 0. The molecule has 0 aliphatic rings. The standard InChI is InChI=1S/C15H20N2O3S/c1-3-20-10-11(2)17-21(18,19)15-6-4-5-12-9-13(16)7-8-14(12)15/h4-9,11,17H,3,10,16H2,1-2H3. The van der Waals surface area contributed by atoms with Crippen molar-refractivity contribution in [3.8, 4) is 0 Å². The average molecular weight is 308 g/mol. The van der Waals surface area contributed by atoms with Crippen LogP contribution in [-0.2, 0) is 14.8 Å². The number of hydrogen-bond acceptors (Lipinski definition) is 4. The highest BCUT2D eigenvalue weighted by molar-refractivity contribution is 7.89. The van der Waals surface area contributed by atoms with Gasteiger partial charge in [0.2, 0.25) is 10.0 Å². The van der Waals surface area contributed by atoms with Gasteiger partial charge in [-0.1, -0.05) is 18.2 Å². The average Bonchev–Trinajstić information content (AvgIpc) is 2.43. The number of nitrogen functional groups attached to an aromatic ring is 1. The molecular weight excluding hydrogens is 288 g/mol. The van der Waals surface area contributed by atoms with Crippen LogP contribution in [-0.4, -0.2) is 27.7 Å². The van der Waals surface area contributed by atoms with Gasteiger partial charge in [-0.2, -0.15) is 0 Å². The molecule has 0 fully saturated rings. The van der Waals surface area contributed by atoms with Gasteiger partial charge in [-0.3, -0.25) is 0 Å². The molecule has 0 saturated carbocycles. The molecule has 2 aromatic carbocycles. The Morgan fingerprint density at radius 1 is 1.29 bits per heavy atom. The molecule has 0 heterocycles. The second-order valence-electron chi connectivity index (χ2n) is 4.92. The molecule has 1 atom stereocenters. The van der Waals surface area contributed by atoms with E-state index < -0.39 is 10.0 Å². The summed E-state index contributed by atoms with van der Waals surface area (Å²) in [7, 11) is -3.60. The lowest BCUT2D eigenvalue weighted by molar-refractivity contribution is 0.133. The van der Waals surface area contributed by atoms with Crippen molar-refractivity contribution in [2.24, 2.45) is 0 Å². The molecule has 2 rings (SSSR count). The molecule has 3 N–H and O–H groups in total. The topological polar surface area (TPSA) is 81.4 Å². The molecule has 0 spiro atoms. The quantitative estimate of drug-likeness (QED) is 0.801. The van der Waals surface area contributed by atoms with Gasteiger partial charge in [-0.15, -0.1) is 0 Å². The smallest absolute Gasteiger partial charge is 0.241 e. The van der Waals surface area contributed by atoms with Crippen LogP contribution >= 0.6 is 0 Å². The summed E-state index contributed by atoms with van der Waals surface area (Å²) in [5, 5.41) is 1.46. The molecule has 0 radical (unpaired) electrons. The maximum absolute atomic E-state index is 12.5. The van der Waals surface area contributed by atoms with Gasteiger partial charge < -0.3 is 10.5 Å². The van der Waals surface area contributed by atoms with Crippen molar-refractivity contribution in [3.05, 3.63) is 36.4 Å². The first kappa shape index (κ1) is 15.8. The van der Waals surface area contributed by atoms with Crippen LogP contribution in [0.1, 0.15) is 13.8 Å². The fourth-order valence-electron chi connectivity index (χ4n) is 2.16. The van der Waals surface area contributed by atoms with E-state index in [0.717, 1.165) is 5.39 Å². The highest BCUT2D eigenvalue weighted by Gasteiger charge is 2.19. The molecule has 114 valence electrons. The Hall–Kier alpha value is -1.63. The molecular formula is C15H20N2O3S. The Labute approximate surface area is 125 Å². The molecule has 0 aromatic heterocycles. The number of anilines is 1. The zero-order chi connectivity index (χ0) is 15.5. The third-order valence-corrected chi connectivity index (χ3v) is 4.73. The molecule has 0 aliphatic heterocycles. The molecule has 2 aromatic rings. The zero-order valence-corrected chi connectivity index (χ0v) is 13.0. The molecule has 21 heavy (non-hydrogen) atoms. The van der Waals surface area contributed by atoms with E-state index in [1.54, 1.807) is 37.3 Å². The van der Waals surface area contributed by atoms with E-state index >= 15 is 0 Å². The lowest BCUT2D eigenvalue weighted by Gasteiger charge is -2.15. The number of sulfonamides is 1. The second kappa shape index (κ2) is 6.43. The third-order valence-electron chi connectivity index (χ3n) is 3.08. The van der Waals surface area contributed by atoms with Gasteiger partial charge in [0.05, 0.1) is 11.5 Å². The normalized spacial score (nSPS) is 13.4. The molecule has 1 unspecified atom stereocenters. The monoisotopic (exact) mass is 308 g/mol. The Morgan fingerprint density at radius 2 is 2.05 bits per heavy atom. The van der Waals surface area contributed by atoms with Crippen molar-refractivity contribution in [3.63, 3.8) is 0 Å². The number of nitrogens with one attached hydrogen (secondary N) is 1. The highest BCUT2D eigenvalue weighted by Crippen LogP contribution is 2.24. The first-order valence-electron chi connectivity index (χ1n) is 6.82. The Balaban J connectivity index is 2.36. The van der Waals surface area contributed by atoms with E-state index in [1.165, 1.54) is 0 Å². The van der Waals surface area contributed by atoms with E-state index in [2.05, 4.69) is 4.72 Å². The molecule has 0 aliphatic carbocycles. The summed E-state index contributed by atoms with van der Waals surface area (Å²) in [4.78, 5) is 0.253. The van der Waals surface area contributed by atoms with E-state index in [9.17, 15) is 8.42 Å². The fourth-order valence-corrected chi connectivity index (χ4v) is 3.62. The van der Waals surface area contributed by atoms with Crippen molar-refractivity contribution in [1.29, 1.82) is 0 Å². The number of fused-ring (bicyclic) bond motifs is 1. The molecule has 0 saturated heterocycles. The number of benzene rings is 2. The molecule has 6 heteroatoms. The van der Waals surface area contributed by atoms with Crippen molar-refractivity contribution in [2.45, 2.75) is 24.8 Å². The van der Waals surface area contributed by atoms with Crippen LogP contribution in [0.15, 0.2) is 41.3 Å². The lowest BCUT2D eigenvalue weighted by Crippen LogP contribution is -2.36. The van der Waals surface area contributed by atoms with E-state index in [-0.39, 0.29) is 10.9 Å². The first-order chi connectivity index (χ1) is 9.94. The van der Waals surface area contributed by atoms with E-state index in [0.29, 0.717) is 24.3 Å². The van der Waals surface area contributed by atoms with Crippen LogP contribution in [0, 0.1) is 0 Å². The van der Waals surface area contributed by atoms with Crippen molar-refractivity contribution < 1.29 is 13.2 Å². The maximum atomic E-state index is 12.5. The van der Waals surface area contributed by atoms with Crippen molar-refractivity contribution >= 4 is 26.5 Å². The zero-order valence-electron chi connectivity index (χ0n) is 12.2. The number of rotatable bonds is 6. The van der Waals surface area contributed by atoms with Gasteiger partial charge in [0, 0.05) is 23.7 Å². The Bertz CT molecular complexity index is 729. The summed E-state index contributed by atoms with van der Waals surface area (Å²) < 4.78 is 32.9. The molecule has 0 bridgehead atoms. The third kappa shape index (κ3) is 3.72. The number of ether oxygens (including phenoxy) is 1. The maximum Gasteiger partial charge on any atom is 0.241 e. The highest BCUT2D eigenvalue weighted by atomic mass is 32.2. The molecule has 0 amide bonds. The summed E-state index contributed by atoms with van der Waals surface area (Å²) in [6.07, 6.45) is 0. The van der Waals surface area contributed by atoms with Gasteiger partial charge in [-0.25, -0.2) is 13.1 Å². The lowest BCUT2D eigenvalue weighted by atomic mass is 10.1. The van der Waals surface area contributed by atoms with E-state index in [4.69, 9.17) is 10.5 Å². The van der Waals surface area contributed by atoms with Crippen LogP contribution in [0.4, 0.5) is 5.69 Å². The second-order valence-corrected chi connectivity index (χ2v) is 6.60. The van der Waals surface area contributed by atoms with Crippen LogP contribution < -0.4 is 10.5 Å². The fraction of sp³-hybridized carbons (Fsp3) is 0.333. The largest absolute Gasteiger partial charge is 0.399 e. The summed E-state index contributed by atoms with van der Waals surface area (Å²) in [5.41, 5.74) is 6.34. The minimum Gasteiger partial charge on any atom is -0.399 e. The van der Waals surface area contributed by atoms with Crippen LogP contribution in [0.25, 0.3) is 10.8 Å². The van der Waals surface area contributed by atoms with Gasteiger partial charge in [-0.05, 0) is 37.4 Å². The number of nitrogens with two attached hydrogens (primary N) is 1. The van der Waals surface area contributed by atoms with Gasteiger partial charge in [0.15, 0.2) is 0 Å². The van der Waals surface area contributed by atoms with Gasteiger partial charge in [0.1, 0.15) is 0 Å². The predicted molar refractivity (Wildman–Crippen MR) is 84.6 cm³/mol. The first-order valence-corrected chi connectivity index (χ1v) is 8.30. The van der Waals surface area contributed by atoms with Crippen molar-refractivity contribution in [1.82, 2.24) is 4.72 Å². The summed E-state index contributed by atoms with van der Waals surface area (Å²) in [6.45, 7) is 4.54. The minimum absolute atomic E-state index is 0.253. The SMILES string of the molecule is CCOCC(C)NS(=O)(=O)c1cccc2cc(N)ccc12. The van der Waals surface area contributed by atoms with Crippen LogP contribution in [0.5, 0.6) is 0 Å². The Kier molecular flexibility index (Phi) is 4.82. The van der Waals surface area contributed by atoms with Gasteiger partial charge >= 0.3 is 0 Å². The Morgan fingerprint density at radius 3 is 2.76 bits per heavy atom. The predicted octanol–water partition coefficient (Wildman–Crippen LogP) is 2.13.